The summed E-state index contributed by atoms with van der Waals surface area (Å²) in [4.78, 5) is 1.22. The van der Waals surface area contributed by atoms with Crippen LogP contribution in [0, 0.1) is 0 Å². The molecule has 2 rings (SSSR count). The monoisotopic (exact) mass is 184 g/mol. The van der Waals surface area contributed by atoms with E-state index in [0.29, 0.717) is 0 Å². The molecule has 0 amide bonds. The second-order valence-corrected chi connectivity index (χ2v) is 3.81. The molecule has 1 atom stereocenters. The number of nitrogens with zero attached hydrogens (tertiary/aromatic N) is 1. The van der Waals surface area contributed by atoms with Gasteiger partial charge in [0, 0.05) is 11.1 Å². The average Bonchev–Trinajstić information content (AvgIpc) is 2.45. The fourth-order valence-electron chi connectivity index (χ4n) is 1.06. The summed E-state index contributed by atoms with van der Waals surface area (Å²) >= 11 is 6.05. The Morgan fingerprint density at radius 1 is 1.64 bits per heavy atom. The minimum Gasteiger partial charge on any atom is -0.300 e. The van der Waals surface area contributed by atoms with Gasteiger partial charge in [0.05, 0.1) is 0 Å². The zero-order chi connectivity index (χ0) is 7.84. The third-order valence-corrected chi connectivity index (χ3v) is 3.35. The van der Waals surface area contributed by atoms with Gasteiger partial charge in [-0.1, -0.05) is 0 Å². The van der Waals surface area contributed by atoms with Gasteiger partial charge >= 0.3 is 0 Å². The Balaban J connectivity index is 2.48. The van der Waals surface area contributed by atoms with Crippen molar-refractivity contribution in [1.82, 2.24) is 5.01 Å². The number of hydrogen-bond acceptors (Lipinski definition) is 4. The Bertz CT molecular complexity index is 292. The van der Waals surface area contributed by atoms with Crippen molar-refractivity contribution in [1.29, 1.82) is 0 Å². The maximum atomic E-state index is 5.63. The summed E-state index contributed by atoms with van der Waals surface area (Å²) < 4.78 is 0. The molecule has 0 aromatic carbocycles. The molecule has 4 heteroatoms. The van der Waals surface area contributed by atoms with E-state index in [2.05, 4.69) is 24.1 Å². The highest BCUT2D eigenvalue weighted by atomic mass is 32.1. The molecule has 0 fully saturated rings. The summed E-state index contributed by atoms with van der Waals surface area (Å²) in [6.45, 7) is 0. The molecule has 0 spiro atoms. The van der Waals surface area contributed by atoms with Crippen molar-refractivity contribution >= 4 is 30.0 Å². The van der Waals surface area contributed by atoms with Gasteiger partial charge in [0.25, 0.3) is 0 Å². The molecule has 0 aliphatic carbocycles. The van der Waals surface area contributed by atoms with Crippen molar-refractivity contribution in [3.63, 3.8) is 0 Å². The van der Waals surface area contributed by atoms with Crippen LogP contribution in [0.4, 0.5) is 0 Å². The van der Waals surface area contributed by atoms with Crippen LogP contribution in [0.25, 0.3) is 6.08 Å². The van der Waals surface area contributed by atoms with Crippen LogP contribution in [0.15, 0.2) is 17.6 Å². The molecular weight excluding hydrogens is 176 g/mol. The number of thiophene rings is 1. The van der Waals surface area contributed by atoms with Crippen molar-refractivity contribution in [2.75, 3.05) is 0 Å². The normalized spacial score (nSPS) is 22.0. The van der Waals surface area contributed by atoms with E-state index in [0.717, 1.165) is 0 Å². The molecule has 1 unspecified atom stereocenters. The first-order chi connectivity index (χ1) is 5.29. The highest BCUT2D eigenvalue weighted by molar-refractivity contribution is 7.80. The Morgan fingerprint density at radius 2 is 2.45 bits per heavy atom. The SMILES string of the molecule is NN1C=Cc2ccsc2C1S. The molecule has 2 nitrogen and oxygen atoms in total. The van der Waals surface area contributed by atoms with Crippen LogP contribution >= 0.6 is 24.0 Å². The summed E-state index contributed by atoms with van der Waals surface area (Å²) in [5.74, 6) is 5.63. The lowest BCUT2D eigenvalue weighted by atomic mass is 10.2. The number of rotatable bonds is 0. The molecule has 11 heavy (non-hydrogen) atoms. The van der Waals surface area contributed by atoms with Crippen LogP contribution in [0.3, 0.4) is 0 Å². The van der Waals surface area contributed by atoms with Gasteiger partial charge in [-0.2, -0.15) is 0 Å². The van der Waals surface area contributed by atoms with Gasteiger partial charge in [-0.3, -0.25) is 0 Å². The maximum absolute atomic E-state index is 5.63. The van der Waals surface area contributed by atoms with Crippen LogP contribution in [0.5, 0.6) is 0 Å². The largest absolute Gasteiger partial charge is 0.300 e. The van der Waals surface area contributed by atoms with Crippen molar-refractivity contribution in [3.8, 4) is 0 Å². The lowest BCUT2D eigenvalue weighted by molar-refractivity contribution is 0.380. The number of thiol groups is 1. The van der Waals surface area contributed by atoms with Gasteiger partial charge in [0.2, 0.25) is 0 Å². The molecule has 0 radical (unpaired) electrons. The van der Waals surface area contributed by atoms with Crippen LogP contribution in [-0.2, 0) is 0 Å². The third-order valence-electron chi connectivity index (χ3n) is 1.67. The van der Waals surface area contributed by atoms with E-state index in [-0.39, 0.29) is 5.37 Å². The molecule has 0 bridgehead atoms. The van der Waals surface area contributed by atoms with Gasteiger partial charge in [0.15, 0.2) is 0 Å². The zero-order valence-electron chi connectivity index (χ0n) is 5.77. The molecule has 2 heterocycles. The van der Waals surface area contributed by atoms with Gasteiger partial charge in [-0.25, -0.2) is 5.84 Å². The van der Waals surface area contributed by atoms with E-state index in [4.69, 9.17) is 5.84 Å². The molecular formula is C7H8N2S2. The second-order valence-electron chi connectivity index (χ2n) is 2.38. The van der Waals surface area contributed by atoms with E-state index >= 15 is 0 Å². The van der Waals surface area contributed by atoms with Crippen molar-refractivity contribution in [3.05, 3.63) is 28.1 Å². The average molecular weight is 184 g/mol. The van der Waals surface area contributed by atoms with Crippen LogP contribution in [0.1, 0.15) is 15.8 Å². The summed E-state index contributed by atoms with van der Waals surface area (Å²) in [5.41, 5.74) is 1.23. The molecule has 0 saturated carbocycles. The number of nitrogens with two attached hydrogens (primary N) is 1. The fourth-order valence-corrected chi connectivity index (χ4v) is 2.35. The third kappa shape index (κ3) is 1.07. The standard InChI is InChI=1S/C7H8N2S2/c8-9-3-1-5-2-4-11-6(5)7(9)10/h1-4,7,10H,8H2. The predicted molar refractivity (Wildman–Crippen MR) is 51.1 cm³/mol. The predicted octanol–water partition coefficient (Wildman–Crippen LogP) is 1.84. The Morgan fingerprint density at radius 3 is 3.27 bits per heavy atom. The van der Waals surface area contributed by atoms with E-state index < -0.39 is 0 Å². The minimum atomic E-state index is 0.0231. The first-order valence-electron chi connectivity index (χ1n) is 3.26. The van der Waals surface area contributed by atoms with E-state index in [1.54, 1.807) is 16.3 Å². The Kier molecular flexibility index (Phi) is 1.67. The van der Waals surface area contributed by atoms with Gasteiger partial charge in [-0.15, -0.1) is 24.0 Å². The molecule has 1 aliphatic heterocycles. The highest BCUT2D eigenvalue weighted by Gasteiger charge is 2.18. The minimum absolute atomic E-state index is 0.0231. The molecule has 1 aromatic rings. The summed E-state index contributed by atoms with van der Waals surface area (Å²) in [7, 11) is 0. The highest BCUT2D eigenvalue weighted by Crippen LogP contribution is 2.34. The number of fused-ring (bicyclic) bond motifs is 1. The first-order valence-corrected chi connectivity index (χ1v) is 4.65. The lowest BCUT2D eigenvalue weighted by Gasteiger charge is -2.24. The van der Waals surface area contributed by atoms with E-state index in [1.165, 1.54) is 10.4 Å². The topological polar surface area (TPSA) is 29.3 Å². The van der Waals surface area contributed by atoms with Crippen LogP contribution in [-0.4, -0.2) is 5.01 Å². The first kappa shape index (κ1) is 7.21. The molecule has 2 N–H and O–H groups in total. The summed E-state index contributed by atoms with van der Waals surface area (Å²) in [5, 5.41) is 3.68. The smallest absolute Gasteiger partial charge is 0.122 e. The summed E-state index contributed by atoms with van der Waals surface area (Å²) in [6, 6.07) is 2.08. The lowest BCUT2D eigenvalue weighted by Crippen LogP contribution is -2.28. The fraction of sp³-hybridized carbons (Fsp3) is 0.143. The Labute approximate surface area is 74.7 Å². The molecule has 58 valence electrons. The molecule has 1 aliphatic rings. The number of hydrazine groups is 1. The van der Waals surface area contributed by atoms with Gasteiger partial charge in [0.1, 0.15) is 5.37 Å². The van der Waals surface area contributed by atoms with E-state index in [9.17, 15) is 0 Å². The van der Waals surface area contributed by atoms with Crippen LogP contribution < -0.4 is 5.84 Å². The van der Waals surface area contributed by atoms with E-state index in [1.807, 2.05) is 12.3 Å². The van der Waals surface area contributed by atoms with Gasteiger partial charge in [-0.05, 0) is 23.1 Å². The van der Waals surface area contributed by atoms with Crippen molar-refractivity contribution < 1.29 is 0 Å². The number of hydrogen-bond donors (Lipinski definition) is 2. The maximum Gasteiger partial charge on any atom is 0.122 e. The summed E-state index contributed by atoms with van der Waals surface area (Å²) in [6.07, 6.45) is 3.84. The second kappa shape index (κ2) is 2.55. The Hall–Kier alpha value is -0.450. The quantitative estimate of drug-likeness (QED) is 0.476. The molecule has 0 saturated heterocycles. The van der Waals surface area contributed by atoms with Crippen LogP contribution in [0.2, 0.25) is 0 Å². The van der Waals surface area contributed by atoms with Crippen molar-refractivity contribution in [2.24, 2.45) is 5.84 Å². The molecule has 1 aromatic heterocycles. The zero-order valence-corrected chi connectivity index (χ0v) is 7.48. The van der Waals surface area contributed by atoms with Crippen molar-refractivity contribution in [2.45, 2.75) is 5.37 Å². The van der Waals surface area contributed by atoms with Gasteiger partial charge < -0.3 is 5.01 Å².